The maximum Gasteiger partial charge on any atom is 0.306 e. The first-order valence-electron chi connectivity index (χ1n) is 9.63. The lowest BCUT2D eigenvalue weighted by atomic mass is 9.86. The minimum Gasteiger partial charge on any atom is -0.463 e. The molecule has 0 aromatic carbocycles. The second-order valence-corrected chi connectivity index (χ2v) is 8.01. The summed E-state index contributed by atoms with van der Waals surface area (Å²) in [6.45, 7) is 14.6. The molecule has 3 N–H and O–H groups in total. The Balaban J connectivity index is 4.97. The highest BCUT2D eigenvalue weighted by Gasteiger charge is 2.30. The van der Waals surface area contributed by atoms with Crippen molar-refractivity contribution in [3.05, 3.63) is 25.3 Å². The third-order valence-electron chi connectivity index (χ3n) is 4.26. The van der Waals surface area contributed by atoms with Crippen LogP contribution >= 0.6 is 0 Å². The Labute approximate surface area is 168 Å². The molecule has 2 amide bonds. The molecule has 0 spiro atoms. The first-order valence-corrected chi connectivity index (χ1v) is 9.63. The van der Waals surface area contributed by atoms with Crippen molar-refractivity contribution in [1.29, 1.82) is 0 Å². The summed E-state index contributed by atoms with van der Waals surface area (Å²) in [4.78, 5) is 36.6. The topological polar surface area (TPSA) is 105 Å². The summed E-state index contributed by atoms with van der Waals surface area (Å²) in [7, 11) is 0. The van der Waals surface area contributed by atoms with Crippen LogP contribution in [0.25, 0.3) is 0 Å². The lowest BCUT2D eigenvalue weighted by molar-refractivity contribution is -0.146. The maximum absolute atomic E-state index is 12.8. The van der Waals surface area contributed by atoms with Crippen molar-refractivity contribution in [2.24, 2.45) is 11.3 Å². The van der Waals surface area contributed by atoms with Crippen molar-refractivity contribution in [3.63, 3.8) is 0 Å². The molecule has 0 unspecified atom stereocenters. The number of carbonyl (C=O) groups excluding carboxylic acids is 3. The number of ether oxygens (including phenoxy) is 1. The van der Waals surface area contributed by atoms with Crippen LogP contribution in [0.15, 0.2) is 25.3 Å². The molecule has 160 valence electrons. The number of hydrogen-bond donors (Lipinski definition) is 3. The lowest BCUT2D eigenvalue weighted by Crippen LogP contribution is -2.49. The van der Waals surface area contributed by atoms with Gasteiger partial charge >= 0.3 is 5.97 Å². The zero-order valence-electron chi connectivity index (χ0n) is 17.6. The van der Waals surface area contributed by atoms with Crippen LogP contribution in [0.4, 0.5) is 0 Å². The normalized spacial score (nSPS) is 14.3. The van der Waals surface area contributed by atoms with E-state index < -0.39 is 12.0 Å². The number of rotatable bonds is 13. The van der Waals surface area contributed by atoms with E-state index in [1.807, 2.05) is 20.8 Å². The number of aliphatic hydroxyl groups excluding tert-OH is 1. The van der Waals surface area contributed by atoms with Crippen molar-refractivity contribution in [1.82, 2.24) is 10.6 Å². The molecule has 0 fully saturated rings. The SMILES string of the molecule is C=CCCC(=O)OC[C@@H](NC(=O)[C@@H](CC=C)CC(=O)N[C@@H](C)CO)C(C)(C)C. The highest BCUT2D eigenvalue weighted by atomic mass is 16.5. The molecule has 0 aliphatic carbocycles. The summed E-state index contributed by atoms with van der Waals surface area (Å²) in [5.74, 6) is -1.55. The predicted octanol–water partition coefficient (Wildman–Crippen LogP) is 2.11. The van der Waals surface area contributed by atoms with Gasteiger partial charge in [-0.3, -0.25) is 14.4 Å². The van der Waals surface area contributed by atoms with Gasteiger partial charge in [0.25, 0.3) is 0 Å². The van der Waals surface area contributed by atoms with Gasteiger partial charge in [-0.1, -0.05) is 32.9 Å². The van der Waals surface area contributed by atoms with Crippen LogP contribution in [-0.4, -0.2) is 48.2 Å². The molecule has 28 heavy (non-hydrogen) atoms. The van der Waals surface area contributed by atoms with Gasteiger partial charge in [-0.25, -0.2) is 0 Å². The third kappa shape index (κ3) is 10.9. The standard InChI is InChI=1S/C21H36N2O5/c1-7-9-11-19(26)28-14-17(21(4,5)6)23-20(27)16(10-8-2)12-18(25)22-15(3)13-24/h7-8,15-17,24H,1-2,9-14H2,3-6H3,(H,22,25)(H,23,27)/t15-,16-,17+/m0/s1. The number of esters is 1. The minimum absolute atomic E-state index is 0.0157. The fourth-order valence-electron chi connectivity index (χ4n) is 2.35. The zero-order valence-corrected chi connectivity index (χ0v) is 17.6. The van der Waals surface area contributed by atoms with Crippen LogP contribution in [0.5, 0.6) is 0 Å². The molecule has 7 heteroatoms. The smallest absolute Gasteiger partial charge is 0.306 e. The van der Waals surface area contributed by atoms with E-state index >= 15 is 0 Å². The summed E-state index contributed by atoms with van der Waals surface area (Å²) >= 11 is 0. The van der Waals surface area contributed by atoms with E-state index in [4.69, 9.17) is 9.84 Å². The van der Waals surface area contributed by atoms with Crippen LogP contribution in [0.3, 0.4) is 0 Å². The molecular weight excluding hydrogens is 360 g/mol. The molecule has 0 radical (unpaired) electrons. The van der Waals surface area contributed by atoms with Crippen LogP contribution < -0.4 is 10.6 Å². The van der Waals surface area contributed by atoms with Gasteiger partial charge in [-0.05, 0) is 25.2 Å². The quantitative estimate of drug-likeness (QED) is 0.327. The highest BCUT2D eigenvalue weighted by molar-refractivity contribution is 5.86. The predicted molar refractivity (Wildman–Crippen MR) is 109 cm³/mol. The second-order valence-electron chi connectivity index (χ2n) is 8.01. The van der Waals surface area contributed by atoms with E-state index in [0.717, 1.165) is 0 Å². The maximum atomic E-state index is 12.8. The molecule has 0 rings (SSSR count). The van der Waals surface area contributed by atoms with E-state index in [-0.39, 0.29) is 55.3 Å². The number of hydrogen-bond acceptors (Lipinski definition) is 5. The van der Waals surface area contributed by atoms with E-state index in [9.17, 15) is 14.4 Å². The van der Waals surface area contributed by atoms with Crippen molar-refractivity contribution >= 4 is 17.8 Å². The van der Waals surface area contributed by atoms with Gasteiger partial charge in [-0.2, -0.15) is 0 Å². The van der Waals surface area contributed by atoms with Gasteiger partial charge in [0, 0.05) is 18.9 Å². The van der Waals surface area contributed by atoms with Crippen LogP contribution in [0.2, 0.25) is 0 Å². The summed E-state index contributed by atoms with van der Waals surface area (Å²) < 4.78 is 5.29. The largest absolute Gasteiger partial charge is 0.463 e. The average molecular weight is 397 g/mol. The Hall–Kier alpha value is -2.15. The molecule has 0 aliphatic heterocycles. The summed E-state index contributed by atoms with van der Waals surface area (Å²) in [5.41, 5.74) is -0.346. The lowest BCUT2D eigenvalue weighted by Gasteiger charge is -2.32. The highest BCUT2D eigenvalue weighted by Crippen LogP contribution is 2.21. The molecule has 0 bridgehead atoms. The molecule has 0 heterocycles. The van der Waals surface area contributed by atoms with Crippen molar-refractivity contribution in [2.45, 2.75) is 65.5 Å². The fourth-order valence-corrected chi connectivity index (χ4v) is 2.35. The Morgan fingerprint density at radius 2 is 1.79 bits per heavy atom. The fraction of sp³-hybridized carbons (Fsp3) is 0.667. The summed E-state index contributed by atoms with van der Waals surface area (Å²) in [6.07, 6.45) is 4.34. The molecular formula is C21H36N2O5. The number of allylic oxidation sites excluding steroid dienone is 2. The molecule has 0 aromatic rings. The first kappa shape index (κ1) is 25.9. The van der Waals surface area contributed by atoms with Gasteiger partial charge in [0.05, 0.1) is 18.6 Å². The number of nitrogens with one attached hydrogen (secondary N) is 2. The van der Waals surface area contributed by atoms with Gasteiger partial charge < -0.3 is 20.5 Å². The van der Waals surface area contributed by atoms with E-state index in [1.54, 1.807) is 19.1 Å². The van der Waals surface area contributed by atoms with Gasteiger partial charge in [0.1, 0.15) is 6.61 Å². The van der Waals surface area contributed by atoms with Gasteiger partial charge in [0.15, 0.2) is 0 Å². The van der Waals surface area contributed by atoms with Crippen LogP contribution in [0.1, 0.15) is 53.4 Å². The summed E-state index contributed by atoms with van der Waals surface area (Å²) in [5, 5.41) is 14.6. The molecule has 7 nitrogen and oxygen atoms in total. The minimum atomic E-state index is -0.593. The van der Waals surface area contributed by atoms with Crippen LogP contribution in [0, 0.1) is 11.3 Å². The number of carbonyl (C=O) groups is 3. The van der Waals surface area contributed by atoms with Crippen molar-refractivity contribution in [3.8, 4) is 0 Å². The number of aliphatic hydroxyl groups is 1. The average Bonchev–Trinajstić information content (AvgIpc) is 2.61. The monoisotopic (exact) mass is 396 g/mol. The van der Waals surface area contributed by atoms with E-state index in [2.05, 4.69) is 23.8 Å². The first-order chi connectivity index (χ1) is 13.0. The number of amides is 2. The molecule has 0 aromatic heterocycles. The van der Waals surface area contributed by atoms with Crippen molar-refractivity contribution in [2.75, 3.05) is 13.2 Å². The summed E-state index contributed by atoms with van der Waals surface area (Å²) in [6, 6.07) is -0.781. The Bertz CT molecular complexity index is 539. The molecule has 3 atom stereocenters. The molecule has 0 aliphatic rings. The zero-order chi connectivity index (χ0) is 21.7. The van der Waals surface area contributed by atoms with Gasteiger partial charge in [-0.15, -0.1) is 13.2 Å². The molecule has 0 saturated heterocycles. The van der Waals surface area contributed by atoms with Gasteiger partial charge in [0.2, 0.25) is 11.8 Å². The third-order valence-corrected chi connectivity index (χ3v) is 4.26. The Kier molecular flexibility index (Phi) is 12.1. The van der Waals surface area contributed by atoms with Crippen molar-refractivity contribution < 1.29 is 24.2 Å². The Morgan fingerprint density at radius 1 is 1.14 bits per heavy atom. The van der Waals surface area contributed by atoms with Crippen LogP contribution in [-0.2, 0) is 19.1 Å². The van der Waals surface area contributed by atoms with E-state index in [0.29, 0.717) is 12.8 Å². The second kappa shape index (κ2) is 13.1. The molecule has 0 saturated carbocycles. The van der Waals surface area contributed by atoms with E-state index in [1.165, 1.54) is 0 Å². The Morgan fingerprint density at radius 3 is 2.29 bits per heavy atom.